The molecule has 4 aromatic carbocycles. The summed E-state index contributed by atoms with van der Waals surface area (Å²) in [4.78, 5) is 11.1. The number of nitro groups is 1. The highest BCUT2D eigenvalue weighted by Gasteiger charge is 2.41. The van der Waals surface area contributed by atoms with Gasteiger partial charge in [0.05, 0.1) is 4.92 Å². The molecule has 0 aliphatic heterocycles. The van der Waals surface area contributed by atoms with Crippen molar-refractivity contribution in [1.29, 1.82) is 0 Å². The Hall–Kier alpha value is -4.09. The molecule has 166 valence electrons. The monoisotopic (exact) mass is 460 g/mol. The lowest BCUT2D eigenvalue weighted by Gasteiger charge is -2.29. The van der Waals surface area contributed by atoms with Crippen LogP contribution < -0.4 is 14.4 Å². The summed E-state index contributed by atoms with van der Waals surface area (Å²) in [5.41, 5.74) is 0.639. The van der Waals surface area contributed by atoms with Crippen LogP contribution in [0.25, 0.3) is 0 Å². The summed E-state index contributed by atoms with van der Waals surface area (Å²) in [6.07, 6.45) is 0. The summed E-state index contributed by atoms with van der Waals surface area (Å²) in [6, 6.07) is 32.5. The molecule has 0 bridgehead atoms. The van der Waals surface area contributed by atoms with E-state index < -0.39 is 18.3 Å². The smallest absolute Gasteiger partial charge is 0.414 e. The van der Waals surface area contributed by atoms with Gasteiger partial charge in [-0.2, -0.15) is 0 Å². The fourth-order valence-electron chi connectivity index (χ4n) is 3.26. The molecule has 4 aromatic rings. The van der Waals surface area contributed by atoms with Gasteiger partial charge in [0.1, 0.15) is 17.2 Å². The molecule has 0 aromatic heterocycles. The number of nitrogens with one attached hydrogen (secondary N) is 1. The lowest BCUT2D eigenvalue weighted by atomic mass is 10.2. The largest absolute Gasteiger partial charge is 0.457 e. The number of para-hydroxylation sites is 4. The zero-order chi connectivity index (χ0) is 23.1. The van der Waals surface area contributed by atoms with Gasteiger partial charge in [-0.25, -0.2) is 4.57 Å². The highest BCUT2D eigenvalue weighted by atomic mass is 31.2. The minimum absolute atomic E-state index is 0.149. The van der Waals surface area contributed by atoms with Crippen molar-refractivity contribution in [2.45, 2.75) is 5.78 Å². The number of nitro benzene ring substituents is 1. The fraction of sp³-hybridized carbons (Fsp3) is 0.0400. The Morgan fingerprint density at radius 2 is 1.15 bits per heavy atom. The van der Waals surface area contributed by atoms with E-state index >= 15 is 0 Å². The zero-order valence-electron chi connectivity index (χ0n) is 17.5. The maximum atomic E-state index is 14.5. The van der Waals surface area contributed by atoms with Gasteiger partial charge in [0.2, 0.25) is 0 Å². The first-order valence-corrected chi connectivity index (χ1v) is 11.8. The average Bonchev–Trinajstić information content (AvgIpc) is 2.84. The van der Waals surface area contributed by atoms with Gasteiger partial charge < -0.3 is 14.4 Å². The maximum Gasteiger partial charge on any atom is 0.457 e. The van der Waals surface area contributed by atoms with Crippen LogP contribution in [-0.4, -0.2) is 4.92 Å². The van der Waals surface area contributed by atoms with Crippen LogP contribution >= 0.6 is 7.60 Å². The van der Waals surface area contributed by atoms with E-state index in [9.17, 15) is 14.7 Å². The normalized spacial score (nSPS) is 11.9. The molecule has 8 heteroatoms. The Morgan fingerprint density at radius 3 is 1.67 bits per heavy atom. The first-order valence-electron chi connectivity index (χ1n) is 10.2. The van der Waals surface area contributed by atoms with Crippen LogP contribution in [0, 0.1) is 10.1 Å². The molecule has 0 aliphatic carbocycles. The van der Waals surface area contributed by atoms with Gasteiger partial charge in [-0.15, -0.1) is 0 Å². The number of anilines is 1. The van der Waals surface area contributed by atoms with Crippen molar-refractivity contribution in [3.63, 3.8) is 0 Å². The molecule has 7 nitrogen and oxygen atoms in total. The third-order valence-corrected chi connectivity index (χ3v) is 6.77. The van der Waals surface area contributed by atoms with Crippen molar-refractivity contribution in [3.8, 4) is 11.5 Å². The van der Waals surface area contributed by atoms with Crippen LogP contribution in [0.3, 0.4) is 0 Å². The third-order valence-electron chi connectivity index (χ3n) is 4.78. The number of nitrogens with zero attached hydrogens (tertiary/aromatic N) is 1. The van der Waals surface area contributed by atoms with E-state index in [0.717, 1.165) is 0 Å². The van der Waals surface area contributed by atoms with E-state index in [1.165, 1.54) is 6.07 Å². The lowest BCUT2D eigenvalue weighted by molar-refractivity contribution is -0.384. The van der Waals surface area contributed by atoms with Gasteiger partial charge in [0.25, 0.3) is 5.69 Å². The number of rotatable bonds is 9. The summed E-state index contributed by atoms with van der Waals surface area (Å²) in [7, 11) is -4.04. The predicted molar refractivity (Wildman–Crippen MR) is 128 cm³/mol. The molecule has 0 unspecified atom stereocenters. The second-order valence-corrected chi connectivity index (χ2v) is 9.04. The molecule has 0 saturated heterocycles. The van der Waals surface area contributed by atoms with E-state index in [4.69, 9.17) is 9.05 Å². The molecule has 0 aliphatic rings. The minimum Gasteiger partial charge on any atom is -0.414 e. The molecule has 33 heavy (non-hydrogen) atoms. The molecule has 1 atom stereocenters. The second-order valence-electron chi connectivity index (χ2n) is 7.08. The molecular weight excluding hydrogens is 439 g/mol. The summed E-state index contributed by atoms with van der Waals surface area (Å²) < 4.78 is 26.5. The minimum atomic E-state index is -4.04. The van der Waals surface area contributed by atoms with E-state index in [1.807, 2.05) is 18.2 Å². The Morgan fingerprint density at radius 1 is 0.697 bits per heavy atom. The second kappa shape index (κ2) is 10.0. The molecule has 1 N–H and O–H groups in total. The van der Waals surface area contributed by atoms with Gasteiger partial charge in [-0.1, -0.05) is 78.9 Å². The number of hydrogen-bond donors (Lipinski definition) is 1. The van der Waals surface area contributed by atoms with Gasteiger partial charge in [-0.05, 0) is 35.9 Å². The lowest BCUT2D eigenvalue weighted by Crippen LogP contribution is -2.18. The first-order chi connectivity index (χ1) is 16.0. The Bertz CT molecular complexity index is 1210. The number of hydrogen-bond acceptors (Lipinski definition) is 6. The van der Waals surface area contributed by atoms with Crippen LogP contribution in [-0.2, 0) is 4.57 Å². The Kier molecular flexibility index (Phi) is 6.72. The molecule has 0 heterocycles. The van der Waals surface area contributed by atoms with Crippen LogP contribution in [0.5, 0.6) is 11.5 Å². The molecule has 0 saturated carbocycles. The highest BCUT2D eigenvalue weighted by molar-refractivity contribution is 7.55. The van der Waals surface area contributed by atoms with E-state index in [0.29, 0.717) is 17.1 Å². The van der Waals surface area contributed by atoms with Gasteiger partial charge in [-0.3, -0.25) is 10.1 Å². The Balaban J connectivity index is 1.82. The summed E-state index contributed by atoms with van der Waals surface area (Å²) in [5, 5.41) is 14.7. The standard InChI is InChI=1S/C25H21N2O5P/c28-27(29)24-19-11-10-18-23(24)26-25(20-12-4-1-5-13-20)33(30,31-21-14-6-2-7-15-21)32-22-16-8-3-9-17-22/h1-19,25-26H/t25-/m1/s1. The van der Waals surface area contributed by atoms with E-state index in [2.05, 4.69) is 5.32 Å². The highest BCUT2D eigenvalue weighted by Crippen LogP contribution is 2.60. The van der Waals surface area contributed by atoms with E-state index in [-0.39, 0.29) is 11.4 Å². The predicted octanol–water partition coefficient (Wildman–Crippen LogP) is 7.06. The van der Waals surface area contributed by atoms with Gasteiger partial charge in [0, 0.05) is 6.07 Å². The summed E-state index contributed by atoms with van der Waals surface area (Å²) in [5.74, 6) is -0.343. The van der Waals surface area contributed by atoms with Crippen molar-refractivity contribution in [2.75, 3.05) is 5.32 Å². The molecule has 4 rings (SSSR count). The van der Waals surface area contributed by atoms with Crippen molar-refractivity contribution >= 4 is 19.0 Å². The maximum absolute atomic E-state index is 14.5. The van der Waals surface area contributed by atoms with Crippen molar-refractivity contribution in [1.82, 2.24) is 0 Å². The SMILES string of the molecule is O=[N+]([O-])c1ccccc1N[C@@H](c1ccccc1)P(=O)(Oc1ccccc1)Oc1ccccc1. The van der Waals surface area contributed by atoms with Crippen molar-refractivity contribution in [3.05, 3.63) is 131 Å². The van der Waals surface area contributed by atoms with Gasteiger partial charge in [0.15, 0.2) is 5.78 Å². The first kappa shape index (κ1) is 22.1. The molecule has 0 radical (unpaired) electrons. The zero-order valence-corrected chi connectivity index (χ0v) is 18.4. The van der Waals surface area contributed by atoms with Crippen LogP contribution in [0.4, 0.5) is 11.4 Å². The molecule has 0 amide bonds. The quantitative estimate of drug-likeness (QED) is 0.163. The topological polar surface area (TPSA) is 90.7 Å². The molecular formula is C25H21N2O5P. The summed E-state index contributed by atoms with van der Waals surface area (Å²) in [6.45, 7) is 0. The number of benzene rings is 4. The summed E-state index contributed by atoms with van der Waals surface area (Å²) >= 11 is 0. The third kappa shape index (κ3) is 5.40. The molecule has 0 spiro atoms. The van der Waals surface area contributed by atoms with Gasteiger partial charge >= 0.3 is 7.60 Å². The van der Waals surface area contributed by atoms with Crippen LogP contribution in [0.15, 0.2) is 115 Å². The van der Waals surface area contributed by atoms with Crippen LogP contribution in [0.1, 0.15) is 11.3 Å². The Labute approximate surface area is 191 Å². The van der Waals surface area contributed by atoms with Crippen molar-refractivity contribution in [2.24, 2.45) is 0 Å². The van der Waals surface area contributed by atoms with Crippen molar-refractivity contribution < 1.29 is 18.5 Å². The average molecular weight is 460 g/mol. The van der Waals surface area contributed by atoms with E-state index in [1.54, 1.807) is 91.0 Å². The fourth-order valence-corrected chi connectivity index (χ4v) is 5.18. The van der Waals surface area contributed by atoms with Crippen LogP contribution in [0.2, 0.25) is 0 Å². The molecule has 0 fully saturated rings.